The summed E-state index contributed by atoms with van der Waals surface area (Å²) in [7, 11) is 0. The van der Waals surface area contributed by atoms with Crippen molar-refractivity contribution in [2.75, 3.05) is 39.4 Å². The molecule has 0 saturated carbocycles. The van der Waals surface area contributed by atoms with Crippen LogP contribution in [0.2, 0.25) is 5.15 Å². The highest BCUT2D eigenvalue weighted by molar-refractivity contribution is 6.29. The molecule has 0 spiro atoms. The van der Waals surface area contributed by atoms with Crippen LogP contribution in [0.4, 0.5) is 0 Å². The lowest BCUT2D eigenvalue weighted by atomic mass is 10.2. The smallest absolute Gasteiger partial charge is 0.160 e. The topological polar surface area (TPSA) is 68.3 Å². The summed E-state index contributed by atoms with van der Waals surface area (Å²) in [6.07, 6.45) is -0.202. The molecular weight excluding hydrogens is 268 g/mol. The number of nitrogens with one attached hydrogen (secondary N) is 2. The molecular formula is C12H17ClN4O2. The van der Waals surface area contributed by atoms with Crippen molar-refractivity contribution in [2.24, 2.45) is 0 Å². The van der Waals surface area contributed by atoms with Gasteiger partial charge in [0.2, 0.25) is 0 Å². The summed E-state index contributed by atoms with van der Waals surface area (Å²) >= 11 is 6.09. The highest BCUT2D eigenvalue weighted by Crippen LogP contribution is 2.23. The molecule has 2 saturated heterocycles. The number of rotatable bonds is 2. The van der Waals surface area contributed by atoms with Gasteiger partial charge in [0, 0.05) is 26.2 Å². The van der Waals surface area contributed by atoms with Crippen LogP contribution < -0.4 is 10.6 Å². The fraction of sp³-hybridized carbons (Fsp3) is 0.667. The minimum atomic E-state index is -0.136. The third kappa shape index (κ3) is 3.21. The molecule has 2 unspecified atom stereocenters. The highest BCUT2D eigenvalue weighted by Gasteiger charge is 2.23. The van der Waals surface area contributed by atoms with Crippen molar-refractivity contribution in [1.29, 1.82) is 0 Å². The number of hydrogen-bond acceptors (Lipinski definition) is 6. The number of aromatic nitrogens is 2. The van der Waals surface area contributed by atoms with Gasteiger partial charge < -0.3 is 20.1 Å². The largest absolute Gasteiger partial charge is 0.369 e. The first-order chi connectivity index (χ1) is 9.33. The lowest BCUT2D eigenvalue weighted by molar-refractivity contribution is 0.0161. The Kier molecular flexibility index (Phi) is 4.24. The van der Waals surface area contributed by atoms with Gasteiger partial charge in [0.05, 0.1) is 18.9 Å². The van der Waals surface area contributed by atoms with Gasteiger partial charge in [-0.1, -0.05) is 11.6 Å². The van der Waals surface area contributed by atoms with E-state index < -0.39 is 0 Å². The molecule has 3 rings (SSSR count). The average Bonchev–Trinajstić information content (AvgIpc) is 2.48. The van der Waals surface area contributed by atoms with E-state index in [0.717, 1.165) is 25.3 Å². The van der Waals surface area contributed by atoms with Crippen molar-refractivity contribution in [3.05, 3.63) is 22.7 Å². The van der Waals surface area contributed by atoms with Crippen molar-refractivity contribution < 1.29 is 9.47 Å². The van der Waals surface area contributed by atoms with Crippen LogP contribution in [-0.2, 0) is 9.47 Å². The molecule has 3 heterocycles. The Morgan fingerprint density at radius 2 is 1.74 bits per heavy atom. The fourth-order valence-corrected chi connectivity index (χ4v) is 2.45. The second-order valence-corrected chi connectivity index (χ2v) is 4.99. The predicted molar refractivity (Wildman–Crippen MR) is 70.2 cm³/mol. The van der Waals surface area contributed by atoms with Crippen LogP contribution in [-0.4, -0.2) is 49.4 Å². The molecule has 0 bridgehead atoms. The van der Waals surface area contributed by atoms with Gasteiger partial charge >= 0.3 is 0 Å². The molecule has 1 aromatic rings. The predicted octanol–water partition coefficient (Wildman–Crippen LogP) is 0.452. The molecule has 2 fully saturated rings. The fourth-order valence-electron chi connectivity index (χ4n) is 2.25. The zero-order valence-corrected chi connectivity index (χ0v) is 11.3. The summed E-state index contributed by atoms with van der Waals surface area (Å²) in [5.74, 6) is 0.629. The van der Waals surface area contributed by atoms with Crippen molar-refractivity contribution in [2.45, 2.75) is 12.2 Å². The molecule has 7 heteroatoms. The quantitative estimate of drug-likeness (QED) is 0.769. The summed E-state index contributed by atoms with van der Waals surface area (Å²) in [4.78, 5) is 8.82. The maximum atomic E-state index is 6.09. The van der Waals surface area contributed by atoms with Crippen LogP contribution in [0.1, 0.15) is 23.7 Å². The summed E-state index contributed by atoms with van der Waals surface area (Å²) in [6.45, 7) is 4.54. The molecule has 104 valence electrons. The highest BCUT2D eigenvalue weighted by atomic mass is 35.5. The minimum absolute atomic E-state index is 0.0652. The van der Waals surface area contributed by atoms with Gasteiger partial charge in [0.25, 0.3) is 0 Å². The van der Waals surface area contributed by atoms with Crippen molar-refractivity contribution in [1.82, 2.24) is 20.6 Å². The Labute approximate surface area is 116 Å². The van der Waals surface area contributed by atoms with E-state index in [4.69, 9.17) is 21.1 Å². The molecule has 19 heavy (non-hydrogen) atoms. The average molecular weight is 285 g/mol. The van der Waals surface area contributed by atoms with Crippen LogP contribution in [0.15, 0.2) is 6.07 Å². The zero-order valence-electron chi connectivity index (χ0n) is 10.6. The first kappa shape index (κ1) is 13.2. The lowest BCUT2D eigenvalue weighted by Gasteiger charge is -2.25. The Morgan fingerprint density at radius 3 is 2.37 bits per heavy atom. The monoisotopic (exact) mass is 284 g/mol. The SMILES string of the molecule is Clc1cc(C2CNCCO2)nc(C2CNCCO2)n1. The van der Waals surface area contributed by atoms with E-state index in [-0.39, 0.29) is 12.2 Å². The third-order valence-electron chi connectivity index (χ3n) is 3.21. The lowest BCUT2D eigenvalue weighted by Crippen LogP contribution is -2.35. The van der Waals surface area contributed by atoms with E-state index in [1.165, 1.54) is 0 Å². The molecule has 0 radical (unpaired) electrons. The van der Waals surface area contributed by atoms with Crippen LogP contribution in [0.25, 0.3) is 0 Å². The molecule has 2 aliphatic heterocycles. The van der Waals surface area contributed by atoms with Gasteiger partial charge in [-0.15, -0.1) is 0 Å². The van der Waals surface area contributed by atoms with E-state index in [2.05, 4.69) is 20.6 Å². The van der Waals surface area contributed by atoms with Crippen LogP contribution in [0.3, 0.4) is 0 Å². The Hall–Kier alpha value is -0.790. The standard InChI is InChI=1S/C12H17ClN4O2/c13-11-5-8(9-6-14-1-3-18-9)16-12(17-11)10-7-15-2-4-19-10/h5,9-10,14-15H,1-4,6-7H2. The summed E-state index contributed by atoms with van der Waals surface area (Å²) in [5.41, 5.74) is 0.816. The second kappa shape index (κ2) is 6.11. The molecule has 0 aliphatic carbocycles. The van der Waals surface area contributed by atoms with E-state index >= 15 is 0 Å². The van der Waals surface area contributed by atoms with Crippen LogP contribution in [0, 0.1) is 0 Å². The van der Waals surface area contributed by atoms with Gasteiger partial charge in [0.1, 0.15) is 17.4 Å². The number of ether oxygens (including phenoxy) is 2. The van der Waals surface area contributed by atoms with Gasteiger partial charge in [-0.25, -0.2) is 9.97 Å². The van der Waals surface area contributed by atoms with Gasteiger partial charge in [-0.3, -0.25) is 0 Å². The molecule has 2 aliphatic rings. The molecule has 0 aromatic carbocycles. The molecule has 0 amide bonds. The normalized spacial score (nSPS) is 28.3. The van der Waals surface area contributed by atoms with Crippen molar-refractivity contribution >= 4 is 11.6 Å². The van der Waals surface area contributed by atoms with Gasteiger partial charge in [-0.2, -0.15) is 0 Å². The second-order valence-electron chi connectivity index (χ2n) is 4.60. The molecule has 2 N–H and O–H groups in total. The maximum absolute atomic E-state index is 6.09. The van der Waals surface area contributed by atoms with E-state index in [0.29, 0.717) is 30.7 Å². The Morgan fingerprint density at radius 1 is 1.05 bits per heavy atom. The van der Waals surface area contributed by atoms with Gasteiger partial charge in [-0.05, 0) is 6.07 Å². The van der Waals surface area contributed by atoms with E-state index in [1.54, 1.807) is 6.07 Å². The molecule has 1 aromatic heterocycles. The third-order valence-corrected chi connectivity index (χ3v) is 3.40. The molecule has 2 atom stereocenters. The number of morpholine rings is 2. The van der Waals surface area contributed by atoms with E-state index in [9.17, 15) is 0 Å². The summed E-state index contributed by atoms with van der Waals surface area (Å²) in [5, 5.41) is 6.97. The first-order valence-electron chi connectivity index (χ1n) is 6.52. The van der Waals surface area contributed by atoms with Gasteiger partial charge in [0.15, 0.2) is 5.82 Å². The zero-order chi connectivity index (χ0) is 13.1. The maximum Gasteiger partial charge on any atom is 0.160 e. The van der Waals surface area contributed by atoms with Crippen molar-refractivity contribution in [3.8, 4) is 0 Å². The first-order valence-corrected chi connectivity index (χ1v) is 6.90. The number of hydrogen-bond donors (Lipinski definition) is 2. The van der Waals surface area contributed by atoms with E-state index in [1.807, 2.05) is 0 Å². The van der Waals surface area contributed by atoms with Crippen LogP contribution >= 0.6 is 11.6 Å². The number of nitrogens with zero attached hydrogens (tertiary/aromatic N) is 2. The molecule has 6 nitrogen and oxygen atoms in total. The Balaban J connectivity index is 1.82. The Bertz CT molecular complexity index is 397. The number of halogens is 1. The van der Waals surface area contributed by atoms with Crippen molar-refractivity contribution in [3.63, 3.8) is 0 Å². The summed E-state index contributed by atoms with van der Waals surface area (Å²) < 4.78 is 11.4. The summed E-state index contributed by atoms with van der Waals surface area (Å²) in [6, 6.07) is 1.76. The minimum Gasteiger partial charge on any atom is -0.369 e. The van der Waals surface area contributed by atoms with Crippen LogP contribution in [0.5, 0.6) is 0 Å².